The highest BCUT2D eigenvalue weighted by Gasteiger charge is 2.33. The zero-order chi connectivity index (χ0) is 15.7. The molecule has 0 aromatic heterocycles. The third-order valence-electron chi connectivity index (χ3n) is 4.77. The summed E-state index contributed by atoms with van der Waals surface area (Å²) in [6.45, 7) is 2.11. The number of fused-ring (bicyclic) bond motifs is 1. The number of benzene rings is 1. The van der Waals surface area contributed by atoms with Gasteiger partial charge in [0, 0.05) is 24.2 Å². The number of hydrogen-bond donors (Lipinski definition) is 3. The van der Waals surface area contributed by atoms with Crippen molar-refractivity contribution in [3.05, 3.63) is 29.1 Å². The number of amides is 1. The summed E-state index contributed by atoms with van der Waals surface area (Å²) < 4.78 is 13.9. The molecule has 1 aromatic carbocycles. The molecule has 1 amide bonds. The lowest BCUT2D eigenvalue weighted by molar-refractivity contribution is -0.123. The van der Waals surface area contributed by atoms with Crippen LogP contribution < -0.4 is 10.6 Å². The first kappa shape index (κ1) is 15.3. The molecule has 5 heteroatoms. The number of aryl methyl sites for hydroxylation is 1. The van der Waals surface area contributed by atoms with Gasteiger partial charge in [-0.15, -0.1) is 0 Å². The monoisotopic (exact) mass is 306 g/mol. The van der Waals surface area contributed by atoms with Crippen LogP contribution in [0.4, 0.5) is 10.1 Å². The van der Waals surface area contributed by atoms with Gasteiger partial charge in [-0.05, 0) is 37.5 Å². The van der Waals surface area contributed by atoms with Crippen molar-refractivity contribution in [1.29, 1.82) is 0 Å². The maximum absolute atomic E-state index is 13.9. The van der Waals surface area contributed by atoms with Gasteiger partial charge in [0.05, 0.1) is 5.60 Å². The Morgan fingerprint density at radius 2 is 2.14 bits per heavy atom. The van der Waals surface area contributed by atoms with E-state index in [0.29, 0.717) is 17.7 Å². The molecule has 3 N–H and O–H groups in total. The lowest BCUT2D eigenvalue weighted by Gasteiger charge is -2.32. The molecule has 1 aliphatic heterocycles. The summed E-state index contributed by atoms with van der Waals surface area (Å²) in [6, 6.07) is 2.89. The van der Waals surface area contributed by atoms with E-state index in [-0.39, 0.29) is 18.3 Å². The Balaban J connectivity index is 1.59. The Bertz CT molecular complexity index is 582. The van der Waals surface area contributed by atoms with Crippen LogP contribution >= 0.6 is 0 Å². The van der Waals surface area contributed by atoms with Crippen LogP contribution in [0.1, 0.15) is 43.2 Å². The molecule has 1 saturated carbocycles. The standard InChI is InChI=1S/C17H23FN2O2/c1-11-7-13(18)12-9-15(20-14(12)8-11)16(21)19-10-17(22)5-3-2-4-6-17/h7-8,15,20,22H,2-6,9-10H2,1H3,(H,19,21). The molecule has 1 aromatic rings. The summed E-state index contributed by atoms with van der Waals surface area (Å²) in [5, 5.41) is 16.3. The molecular weight excluding hydrogens is 283 g/mol. The van der Waals surface area contributed by atoms with E-state index in [4.69, 9.17) is 0 Å². The van der Waals surface area contributed by atoms with Gasteiger partial charge in [0.1, 0.15) is 11.9 Å². The zero-order valence-corrected chi connectivity index (χ0v) is 12.9. The van der Waals surface area contributed by atoms with Crippen LogP contribution in [0.3, 0.4) is 0 Å². The molecule has 0 spiro atoms. The molecule has 0 bridgehead atoms. The highest BCUT2D eigenvalue weighted by atomic mass is 19.1. The predicted octanol–water partition coefficient (Wildman–Crippen LogP) is 2.28. The average Bonchev–Trinajstić information content (AvgIpc) is 2.90. The Kier molecular flexibility index (Phi) is 4.08. The van der Waals surface area contributed by atoms with Crippen molar-refractivity contribution in [3.8, 4) is 0 Å². The van der Waals surface area contributed by atoms with Crippen LogP contribution in [0.15, 0.2) is 12.1 Å². The number of carbonyl (C=O) groups excluding carboxylic acids is 1. The molecule has 0 saturated heterocycles. The normalized spacial score (nSPS) is 22.8. The van der Waals surface area contributed by atoms with E-state index < -0.39 is 11.6 Å². The molecule has 4 nitrogen and oxygen atoms in total. The third kappa shape index (κ3) is 3.09. The Hall–Kier alpha value is -1.62. The van der Waals surface area contributed by atoms with Crippen LogP contribution in [-0.4, -0.2) is 29.2 Å². The second-order valence-corrected chi connectivity index (χ2v) is 6.68. The molecule has 1 aliphatic carbocycles. The zero-order valence-electron chi connectivity index (χ0n) is 12.9. The smallest absolute Gasteiger partial charge is 0.242 e. The van der Waals surface area contributed by atoms with E-state index in [2.05, 4.69) is 10.6 Å². The molecule has 120 valence electrons. The fourth-order valence-electron chi connectivity index (χ4n) is 3.47. The number of nitrogens with one attached hydrogen (secondary N) is 2. The highest BCUT2D eigenvalue weighted by Crippen LogP contribution is 2.30. The van der Waals surface area contributed by atoms with Gasteiger partial charge in [-0.3, -0.25) is 4.79 Å². The van der Waals surface area contributed by atoms with E-state index in [0.717, 1.165) is 37.7 Å². The fourth-order valence-corrected chi connectivity index (χ4v) is 3.47. The maximum atomic E-state index is 13.9. The molecule has 1 unspecified atom stereocenters. The van der Waals surface area contributed by atoms with Gasteiger partial charge in [-0.2, -0.15) is 0 Å². The molecular formula is C17H23FN2O2. The van der Waals surface area contributed by atoms with Crippen molar-refractivity contribution in [1.82, 2.24) is 5.32 Å². The predicted molar refractivity (Wildman–Crippen MR) is 83.3 cm³/mol. The van der Waals surface area contributed by atoms with Crippen LogP contribution in [0.25, 0.3) is 0 Å². The third-order valence-corrected chi connectivity index (χ3v) is 4.77. The summed E-state index contributed by atoms with van der Waals surface area (Å²) in [6.07, 6.45) is 4.98. The second-order valence-electron chi connectivity index (χ2n) is 6.68. The number of carbonyl (C=O) groups is 1. The van der Waals surface area contributed by atoms with Crippen molar-refractivity contribution in [2.24, 2.45) is 0 Å². The molecule has 22 heavy (non-hydrogen) atoms. The average molecular weight is 306 g/mol. The maximum Gasteiger partial charge on any atom is 0.242 e. The van der Waals surface area contributed by atoms with Gasteiger partial charge < -0.3 is 15.7 Å². The van der Waals surface area contributed by atoms with E-state index in [9.17, 15) is 14.3 Å². The second kappa shape index (κ2) is 5.88. The molecule has 3 rings (SSSR count). The number of rotatable bonds is 3. The van der Waals surface area contributed by atoms with E-state index >= 15 is 0 Å². The molecule has 1 fully saturated rings. The van der Waals surface area contributed by atoms with Gasteiger partial charge in [0.25, 0.3) is 0 Å². The number of hydrogen-bond acceptors (Lipinski definition) is 3. The molecule has 1 heterocycles. The number of aliphatic hydroxyl groups is 1. The summed E-state index contributed by atoms with van der Waals surface area (Å²) in [5.74, 6) is -0.434. The Morgan fingerprint density at radius 3 is 2.86 bits per heavy atom. The van der Waals surface area contributed by atoms with Crippen LogP contribution in [0, 0.1) is 12.7 Å². The lowest BCUT2D eigenvalue weighted by atomic mass is 9.85. The van der Waals surface area contributed by atoms with E-state index in [1.165, 1.54) is 6.07 Å². The molecule has 2 aliphatic rings. The molecule has 0 radical (unpaired) electrons. The van der Waals surface area contributed by atoms with Crippen molar-refractivity contribution in [3.63, 3.8) is 0 Å². The first-order chi connectivity index (χ1) is 10.5. The highest BCUT2D eigenvalue weighted by molar-refractivity contribution is 5.87. The SMILES string of the molecule is Cc1cc(F)c2c(c1)NC(C(=O)NCC1(O)CCCCC1)C2. The Morgan fingerprint density at radius 1 is 1.41 bits per heavy atom. The minimum Gasteiger partial charge on any atom is -0.388 e. The fraction of sp³-hybridized carbons (Fsp3) is 0.588. The van der Waals surface area contributed by atoms with Gasteiger partial charge >= 0.3 is 0 Å². The van der Waals surface area contributed by atoms with Gasteiger partial charge in [-0.1, -0.05) is 19.3 Å². The lowest BCUT2D eigenvalue weighted by Crippen LogP contribution is -2.48. The topological polar surface area (TPSA) is 61.4 Å². The van der Waals surface area contributed by atoms with Crippen molar-refractivity contribution in [2.45, 2.75) is 57.1 Å². The van der Waals surface area contributed by atoms with Crippen LogP contribution in [0.5, 0.6) is 0 Å². The first-order valence-electron chi connectivity index (χ1n) is 8.02. The van der Waals surface area contributed by atoms with E-state index in [1.807, 2.05) is 13.0 Å². The first-order valence-corrected chi connectivity index (χ1v) is 8.02. The van der Waals surface area contributed by atoms with Crippen molar-refractivity contribution < 1.29 is 14.3 Å². The Labute approximate surface area is 130 Å². The van der Waals surface area contributed by atoms with Gasteiger partial charge in [0.15, 0.2) is 0 Å². The summed E-state index contributed by atoms with van der Waals surface area (Å²) >= 11 is 0. The minimum absolute atomic E-state index is 0.174. The van der Waals surface area contributed by atoms with Gasteiger partial charge in [0.2, 0.25) is 5.91 Å². The summed E-state index contributed by atoms with van der Waals surface area (Å²) in [5.41, 5.74) is 1.33. The summed E-state index contributed by atoms with van der Waals surface area (Å²) in [7, 11) is 0. The molecule has 1 atom stereocenters. The van der Waals surface area contributed by atoms with Crippen molar-refractivity contribution >= 4 is 11.6 Å². The van der Waals surface area contributed by atoms with Gasteiger partial charge in [-0.25, -0.2) is 4.39 Å². The van der Waals surface area contributed by atoms with E-state index in [1.54, 1.807) is 0 Å². The minimum atomic E-state index is -0.777. The number of anilines is 1. The largest absolute Gasteiger partial charge is 0.388 e. The number of halogens is 1. The van der Waals surface area contributed by atoms with Crippen LogP contribution in [0.2, 0.25) is 0 Å². The van der Waals surface area contributed by atoms with Crippen molar-refractivity contribution in [2.75, 3.05) is 11.9 Å². The van der Waals surface area contributed by atoms with Crippen LogP contribution in [-0.2, 0) is 11.2 Å². The quantitative estimate of drug-likeness (QED) is 0.803. The summed E-state index contributed by atoms with van der Waals surface area (Å²) in [4.78, 5) is 12.3.